The lowest BCUT2D eigenvalue weighted by Gasteiger charge is -2.13. The molecule has 1 aromatic carbocycles. The van der Waals surface area contributed by atoms with Crippen LogP contribution in [0.15, 0.2) is 17.5 Å². The van der Waals surface area contributed by atoms with Crippen LogP contribution in [-0.4, -0.2) is 18.2 Å². The van der Waals surface area contributed by atoms with Crippen molar-refractivity contribution < 1.29 is 9.47 Å². The molecule has 0 aliphatic heterocycles. The van der Waals surface area contributed by atoms with E-state index in [-0.39, 0.29) is 0 Å². The maximum absolute atomic E-state index is 6.20. The average molecular weight is 299 g/mol. The van der Waals surface area contributed by atoms with Gasteiger partial charge in [0.25, 0.3) is 0 Å². The van der Waals surface area contributed by atoms with Crippen LogP contribution >= 0.6 is 22.9 Å². The van der Waals surface area contributed by atoms with Crippen LogP contribution in [0.4, 0.5) is 5.13 Å². The summed E-state index contributed by atoms with van der Waals surface area (Å²) in [6.07, 6.45) is 0. The zero-order valence-electron chi connectivity index (χ0n) is 10.8. The summed E-state index contributed by atoms with van der Waals surface area (Å²) in [6.45, 7) is 4.94. The van der Waals surface area contributed by atoms with Crippen molar-refractivity contribution in [3.05, 3.63) is 22.5 Å². The number of thiazole rings is 1. The third-order valence-corrected chi connectivity index (χ3v) is 3.40. The molecule has 2 N–H and O–H groups in total. The number of anilines is 1. The Kier molecular flexibility index (Phi) is 4.50. The van der Waals surface area contributed by atoms with Crippen LogP contribution in [-0.2, 0) is 0 Å². The Morgan fingerprint density at radius 3 is 2.47 bits per heavy atom. The molecule has 0 atom stereocenters. The van der Waals surface area contributed by atoms with Gasteiger partial charge in [-0.3, -0.25) is 0 Å². The van der Waals surface area contributed by atoms with Crippen molar-refractivity contribution in [1.29, 1.82) is 0 Å². The fraction of sp³-hybridized carbons (Fsp3) is 0.308. The highest BCUT2D eigenvalue weighted by Crippen LogP contribution is 2.39. The van der Waals surface area contributed by atoms with Gasteiger partial charge in [0.15, 0.2) is 5.13 Å². The summed E-state index contributed by atoms with van der Waals surface area (Å²) < 4.78 is 11.1. The maximum atomic E-state index is 6.20. The van der Waals surface area contributed by atoms with Crippen molar-refractivity contribution in [2.75, 3.05) is 18.9 Å². The van der Waals surface area contributed by atoms with Gasteiger partial charge in [0, 0.05) is 17.0 Å². The highest BCUT2D eigenvalue weighted by Gasteiger charge is 2.14. The van der Waals surface area contributed by atoms with E-state index in [9.17, 15) is 0 Å². The predicted octanol–water partition coefficient (Wildman–Crippen LogP) is 3.84. The van der Waals surface area contributed by atoms with Gasteiger partial charge >= 0.3 is 0 Å². The van der Waals surface area contributed by atoms with E-state index < -0.39 is 0 Å². The van der Waals surface area contributed by atoms with Gasteiger partial charge in [-0.15, -0.1) is 11.3 Å². The summed E-state index contributed by atoms with van der Waals surface area (Å²) in [7, 11) is 0. The van der Waals surface area contributed by atoms with Crippen molar-refractivity contribution in [2.24, 2.45) is 0 Å². The Morgan fingerprint density at radius 1 is 1.21 bits per heavy atom. The highest BCUT2D eigenvalue weighted by atomic mass is 35.5. The molecule has 6 heteroatoms. The van der Waals surface area contributed by atoms with Crippen molar-refractivity contribution in [2.45, 2.75) is 13.8 Å². The van der Waals surface area contributed by atoms with Gasteiger partial charge in [-0.1, -0.05) is 11.6 Å². The van der Waals surface area contributed by atoms with Gasteiger partial charge in [0.2, 0.25) is 0 Å². The van der Waals surface area contributed by atoms with Crippen LogP contribution in [0.1, 0.15) is 13.8 Å². The third kappa shape index (κ3) is 3.11. The molecule has 102 valence electrons. The minimum atomic E-state index is 0.516. The normalized spacial score (nSPS) is 10.5. The lowest BCUT2D eigenvalue weighted by Crippen LogP contribution is -1.98. The highest BCUT2D eigenvalue weighted by molar-refractivity contribution is 7.13. The first-order chi connectivity index (χ1) is 9.15. The monoisotopic (exact) mass is 298 g/mol. The topological polar surface area (TPSA) is 57.4 Å². The summed E-state index contributed by atoms with van der Waals surface area (Å²) in [5.74, 6) is 1.31. The number of hydrogen-bond donors (Lipinski definition) is 1. The first-order valence-corrected chi connectivity index (χ1v) is 7.22. The van der Waals surface area contributed by atoms with Gasteiger partial charge in [-0.05, 0) is 19.9 Å². The van der Waals surface area contributed by atoms with Gasteiger partial charge in [-0.25, -0.2) is 4.98 Å². The summed E-state index contributed by atoms with van der Waals surface area (Å²) >= 11 is 7.58. The number of nitrogen functional groups attached to an aromatic ring is 1. The molecule has 0 aliphatic rings. The average Bonchev–Trinajstić information content (AvgIpc) is 2.80. The van der Waals surface area contributed by atoms with Crippen LogP contribution in [0.3, 0.4) is 0 Å². The van der Waals surface area contributed by atoms with Crippen LogP contribution in [0.25, 0.3) is 11.3 Å². The molecule has 0 fully saturated rings. The maximum Gasteiger partial charge on any atom is 0.180 e. The summed E-state index contributed by atoms with van der Waals surface area (Å²) in [4.78, 5) is 4.26. The predicted molar refractivity (Wildman–Crippen MR) is 79.3 cm³/mol. The molecule has 0 aliphatic carbocycles. The number of ether oxygens (including phenoxy) is 2. The van der Waals surface area contributed by atoms with Gasteiger partial charge < -0.3 is 15.2 Å². The van der Waals surface area contributed by atoms with Crippen molar-refractivity contribution in [1.82, 2.24) is 4.98 Å². The summed E-state index contributed by atoms with van der Waals surface area (Å²) in [6, 6.07) is 3.59. The van der Waals surface area contributed by atoms with E-state index in [4.69, 9.17) is 26.8 Å². The number of benzene rings is 1. The zero-order chi connectivity index (χ0) is 13.8. The quantitative estimate of drug-likeness (QED) is 0.911. The Bertz CT molecular complexity index is 572. The van der Waals surface area contributed by atoms with Crippen molar-refractivity contribution in [3.63, 3.8) is 0 Å². The summed E-state index contributed by atoms with van der Waals surface area (Å²) in [5, 5.41) is 2.93. The molecular formula is C13H15ClN2O2S. The number of hydrogen-bond acceptors (Lipinski definition) is 5. The molecule has 2 rings (SSSR count). The van der Waals surface area contributed by atoms with Crippen molar-refractivity contribution in [3.8, 4) is 22.8 Å². The smallest absolute Gasteiger partial charge is 0.180 e. The molecule has 0 radical (unpaired) electrons. The fourth-order valence-electron chi connectivity index (χ4n) is 1.69. The number of halogens is 1. The third-order valence-electron chi connectivity index (χ3n) is 2.43. The molecule has 1 heterocycles. The Morgan fingerprint density at radius 2 is 1.89 bits per heavy atom. The van der Waals surface area contributed by atoms with Gasteiger partial charge in [-0.2, -0.15) is 0 Å². The Labute approximate surface area is 121 Å². The van der Waals surface area contributed by atoms with Crippen LogP contribution in [0.2, 0.25) is 5.02 Å². The number of nitrogens with two attached hydrogens (primary N) is 1. The number of nitrogens with zero attached hydrogens (tertiary/aromatic N) is 1. The zero-order valence-corrected chi connectivity index (χ0v) is 12.3. The molecule has 0 saturated carbocycles. The van der Waals surface area contributed by atoms with Crippen LogP contribution in [0.5, 0.6) is 11.5 Å². The first-order valence-electron chi connectivity index (χ1n) is 5.96. The largest absolute Gasteiger partial charge is 0.493 e. The number of rotatable bonds is 5. The molecule has 1 aromatic heterocycles. The molecular weight excluding hydrogens is 284 g/mol. The Balaban J connectivity index is 2.49. The molecule has 0 unspecified atom stereocenters. The van der Waals surface area contributed by atoms with Crippen LogP contribution in [0, 0.1) is 0 Å². The van der Waals surface area contributed by atoms with E-state index in [0.717, 1.165) is 11.3 Å². The molecule has 0 saturated heterocycles. The van der Waals surface area contributed by atoms with E-state index in [1.54, 1.807) is 12.1 Å². The molecule has 4 nitrogen and oxygen atoms in total. The molecule has 19 heavy (non-hydrogen) atoms. The van der Waals surface area contributed by atoms with Crippen molar-refractivity contribution >= 4 is 28.1 Å². The standard InChI is InChI=1S/C13H15ClN2O2S/c1-3-17-11-6-12(18-4-2)9(14)5-8(11)10-7-19-13(15)16-10/h5-7H,3-4H2,1-2H3,(H2,15,16). The lowest BCUT2D eigenvalue weighted by molar-refractivity contribution is 0.324. The Hall–Kier alpha value is -1.46. The number of aromatic nitrogens is 1. The summed E-state index contributed by atoms with van der Waals surface area (Å²) in [5.41, 5.74) is 7.25. The van der Waals surface area contributed by atoms with E-state index in [1.165, 1.54) is 11.3 Å². The molecule has 2 aromatic rings. The van der Waals surface area contributed by atoms with Gasteiger partial charge in [0.1, 0.15) is 11.5 Å². The van der Waals surface area contributed by atoms with Gasteiger partial charge in [0.05, 0.1) is 23.9 Å². The SMILES string of the molecule is CCOc1cc(OCC)c(-c2csc(N)n2)cc1Cl. The van der Waals surface area contributed by atoms with Crippen LogP contribution < -0.4 is 15.2 Å². The second-order valence-electron chi connectivity index (χ2n) is 3.72. The molecule has 0 amide bonds. The van der Waals surface area contributed by atoms with E-state index in [2.05, 4.69) is 4.98 Å². The van der Waals surface area contributed by atoms with E-state index in [0.29, 0.717) is 34.9 Å². The molecule has 0 bridgehead atoms. The minimum Gasteiger partial charge on any atom is -0.493 e. The van der Waals surface area contributed by atoms with E-state index >= 15 is 0 Å². The fourth-order valence-corrected chi connectivity index (χ4v) is 2.47. The minimum absolute atomic E-state index is 0.516. The second kappa shape index (κ2) is 6.12. The second-order valence-corrected chi connectivity index (χ2v) is 5.01. The first kappa shape index (κ1) is 14.0. The lowest BCUT2D eigenvalue weighted by atomic mass is 10.1. The molecule has 0 spiro atoms. The van der Waals surface area contributed by atoms with E-state index in [1.807, 2.05) is 19.2 Å².